The highest BCUT2D eigenvalue weighted by Crippen LogP contribution is 2.16. The zero-order valence-electron chi connectivity index (χ0n) is 41.9. The monoisotopic (exact) mass is 871 g/mol. The number of ether oxygens (including phenoxy) is 3. The number of carbonyl (C=O) groups excluding carboxylic acids is 2. The van der Waals surface area contributed by atoms with Gasteiger partial charge < -0.3 is 14.2 Å². The van der Waals surface area contributed by atoms with E-state index in [1.165, 1.54) is 193 Å². The molecule has 0 fully saturated rings. The average molecular weight is 871 g/mol. The molecule has 0 saturated heterocycles. The van der Waals surface area contributed by atoms with Crippen LogP contribution in [0.5, 0.6) is 0 Å². The van der Waals surface area contributed by atoms with Gasteiger partial charge in [0.2, 0.25) is 0 Å². The molecule has 0 aliphatic rings. The maximum absolute atomic E-state index is 12.8. The molecule has 62 heavy (non-hydrogen) atoms. The third-order valence-corrected chi connectivity index (χ3v) is 12.2. The molecule has 0 radical (unpaired) electrons. The summed E-state index contributed by atoms with van der Waals surface area (Å²) in [7, 11) is 0. The van der Waals surface area contributed by atoms with Gasteiger partial charge in [0.1, 0.15) is 6.61 Å². The van der Waals surface area contributed by atoms with Crippen molar-refractivity contribution in [2.75, 3.05) is 19.8 Å². The standard InChI is InChI=1S/C57H106O5/c1-4-7-10-13-16-19-22-24-26-28-29-31-32-34-36-38-41-44-47-50-56(58)61-54-55(53-60-52-49-46-43-40-21-18-15-12-9-6-3)62-57(59)51-48-45-42-39-37-35-33-30-27-25-23-20-17-14-11-8-5-2/h8,11,17,20,25,27,55H,4-7,9-10,12-16,18-19,21-24,26,28-54H2,1-3H3/b11-8-,20-17-,27-25-. The molecule has 0 N–H and O–H groups in total. The van der Waals surface area contributed by atoms with Crippen LogP contribution in [0.1, 0.15) is 290 Å². The molecular formula is C57H106O5. The van der Waals surface area contributed by atoms with Gasteiger partial charge >= 0.3 is 11.9 Å². The van der Waals surface area contributed by atoms with E-state index in [0.717, 1.165) is 64.2 Å². The van der Waals surface area contributed by atoms with Crippen LogP contribution in [0.25, 0.3) is 0 Å². The van der Waals surface area contributed by atoms with Gasteiger partial charge in [-0.05, 0) is 51.4 Å². The molecule has 5 nitrogen and oxygen atoms in total. The molecule has 0 bridgehead atoms. The first-order valence-electron chi connectivity index (χ1n) is 27.5. The van der Waals surface area contributed by atoms with Gasteiger partial charge in [-0.25, -0.2) is 0 Å². The lowest BCUT2D eigenvalue weighted by atomic mass is 10.0. The van der Waals surface area contributed by atoms with Crippen molar-refractivity contribution in [2.45, 2.75) is 297 Å². The lowest BCUT2D eigenvalue weighted by molar-refractivity contribution is -0.163. The first-order valence-corrected chi connectivity index (χ1v) is 27.5. The van der Waals surface area contributed by atoms with Crippen LogP contribution >= 0.6 is 0 Å². The molecule has 5 heteroatoms. The molecule has 0 heterocycles. The quantitative estimate of drug-likeness (QED) is 0.0346. The minimum Gasteiger partial charge on any atom is -0.462 e. The number of unbranched alkanes of at least 4 members (excludes halogenated alkanes) is 34. The van der Waals surface area contributed by atoms with Crippen LogP contribution in [0.2, 0.25) is 0 Å². The molecule has 0 saturated carbocycles. The van der Waals surface area contributed by atoms with Gasteiger partial charge in [-0.1, -0.05) is 263 Å². The van der Waals surface area contributed by atoms with E-state index in [9.17, 15) is 9.59 Å². The van der Waals surface area contributed by atoms with Gasteiger partial charge in [0.25, 0.3) is 0 Å². The Morgan fingerprint density at radius 1 is 0.371 bits per heavy atom. The SMILES string of the molecule is CC/C=C\C/C=C\C/C=C\CCCCCCCCCC(=O)OC(COCCCCCCCCCCCC)COC(=O)CCCCCCCCCCCCCCCCCCCCC. The summed E-state index contributed by atoms with van der Waals surface area (Å²) < 4.78 is 17.4. The van der Waals surface area contributed by atoms with Crippen LogP contribution in [0.4, 0.5) is 0 Å². The molecule has 0 spiro atoms. The number of hydrogen-bond acceptors (Lipinski definition) is 5. The lowest BCUT2D eigenvalue weighted by Gasteiger charge is -2.18. The molecular weight excluding hydrogens is 765 g/mol. The Labute approximate surface area is 387 Å². The number of carbonyl (C=O) groups is 2. The fraction of sp³-hybridized carbons (Fsp3) is 0.860. The van der Waals surface area contributed by atoms with E-state index in [1.807, 2.05) is 0 Å². The van der Waals surface area contributed by atoms with Crippen molar-refractivity contribution in [1.29, 1.82) is 0 Å². The Morgan fingerprint density at radius 2 is 0.726 bits per heavy atom. The maximum Gasteiger partial charge on any atom is 0.306 e. The van der Waals surface area contributed by atoms with Crippen molar-refractivity contribution < 1.29 is 23.8 Å². The minimum absolute atomic E-state index is 0.0876. The topological polar surface area (TPSA) is 61.8 Å². The van der Waals surface area contributed by atoms with Crippen LogP contribution in [0.15, 0.2) is 36.5 Å². The summed E-state index contributed by atoms with van der Waals surface area (Å²) in [6, 6.07) is 0. The van der Waals surface area contributed by atoms with Crippen molar-refractivity contribution in [3.8, 4) is 0 Å². The van der Waals surface area contributed by atoms with Gasteiger partial charge in [0.15, 0.2) is 6.10 Å². The number of esters is 2. The zero-order valence-corrected chi connectivity index (χ0v) is 41.9. The summed E-state index contributed by atoms with van der Waals surface area (Å²) in [4.78, 5) is 25.4. The van der Waals surface area contributed by atoms with Gasteiger partial charge in [0.05, 0.1) is 6.61 Å². The van der Waals surface area contributed by atoms with Crippen molar-refractivity contribution in [3.05, 3.63) is 36.5 Å². The Morgan fingerprint density at radius 3 is 1.16 bits per heavy atom. The lowest BCUT2D eigenvalue weighted by Crippen LogP contribution is -2.30. The molecule has 1 unspecified atom stereocenters. The van der Waals surface area contributed by atoms with E-state index in [0.29, 0.717) is 19.4 Å². The van der Waals surface area contributed by atoms with Crippen LogP contribution in [-0.2, 0) is 23.8 Å². The predicted molar refractivity (Wildman–Crippen MR) is 270 cm³/mol. The minimum atomic E-state index is -0.535. The van der Waals surface area contributed by atoms with Gasteiger partial charge in [0, 0.05) is 19.4 Å². The van der Waals surface area contributed by atoms with E-state index in [4.69, 9.17) is 14.2 Å². The summed E-state index contributed by atoms with van der Waals surface area (Å²) in [6.07, 6.45) is 64.4. The Kier molecular flexibility index (Phi) is 51.8. The molecule has 0 amide bonds. The van der Waals surface area contributed by atoms with Gasteiger partial charge in [-0.3, -0.25) is 9.59 Å². The average Bonchev–Trinajstić information content (AvgIpc) is 3.27. The first kappa shape index (κ1) is 60.1. The number of allylic oxidation sites excluding steroid dienone is 6. The third-order valence-electron chi connectivity index (χ3n) is 12.2. The van der Waals surface area contributed by atoms with Crippen molar-refractivity contribution >= 4 is 11.9 Å². The van der Waals surface area contributed by atoms with Gasteiger partial charge in [-0.15, -0.1) is 0 Å². The maximum atomic E-state index is 12.8. The van der Waals surface area contributed by atoms with E-state index >= 15 is 0 Å². The molecule has 0 rings (SSSR count). The second-order valence-corrected chi connectivity index (χ2v) is 18.5. The van der Waals surface area contributed by atoms with Crippen LogP contribution in [0.3, 0.4) is 0 Å². The smallest absolute Gasteiger partial charge is 0.306 e. The summed E-state index contributed by atoms with van der Waals surface area (Å²) >= 11 is 0. The van der Waals surface area contributed by atoms with Crippen LogP contribution < -0.4 is 0 Å². The highest BCUT2D eigenvalue weighted by Gasteiger charge is 2.17. The van der Waals surface area contributed by atoms with Crippen LogP contribution in [-0.4, -0.2) is 37.9 Å². The Balaban J connectivity index is 4.16. The van der Waals surface area contributed by atoms with E-state index < -0.39 is 6.10 Å². The fourth-order valence-corrected chi connectivity index (χ4v) is 8.12. The highest BCUT2D eigenvalue weighted by molar-refractivity contribution is 5.70. The second kappa shape index (κ2) is 53.5. The Hall–Kier alpha value is -1.88. The largest absolute Gasteiger partial charge is 0.462 e. The molecule has 0 aromatic heterocycles. The van der Waals surface area contributed by atoms with Crippen molar-refractivity contribution in [2.24, 2.45) is 0 Å². The molecule has 0 aromatic rings. The number of rotatable bonds is 51. The number of hydrogen-bond donors (Lipinski definition) is 0. The summed E-state index contributed by atoms with van der Waals surface area (Å²) in [6.45, 7) is 7.76. The molecule has 0 aliphatic carbocycles. The molecule has 0 aliphatic heterocycles. The molecule has 0 aromatic carbocycles. The Bertz CT molecular complexity index is 986. The summed E-state index contributed by atoms with van der Waals surface area (Å²) in [5.74, 6) is -0.390. The van der Waals surface area contributed by atoms with E-state index in [1.54, 1.807) is 0 Å². The zero-order chi connectivity index (χ0) is 44.9. The molecule has 1 atom stereocenters. The predicted octanol–water partition coefficient (Wildman–Crippen LogP) is 18.6. The first-order chi connectivity index (χ1) is 30.6. The summed E-state index contributed by atoms with van der Waals surface area (Å²) in [5, 5.41) is 0. The highest BCUT2D eigenvalue weighted by atomic mass is 16.6. The van der Waals surface area contributed by atoms with E-state index in [-0.39, 0.29) is 25.2 Å². The van der Waals surface area contributed by atoms with E-state index in [2.05, 4.69) is 57.2 Å². The van der Waals surface area contributed by atoms with Crippen LogP contribution in [0, 0.1) is 0 Å². The van der Waals surface area contributed by atoms with Crippen molar-refractivity contribution in [1.82, 2.24) is 0 Å². The fourth-order valence-electron chi connectivity index (χ4n) is 8.12. The normalized spacial score (nSPS) is 12.4. The third kappa shape index (κ3) is 50.8. The van der Waals surface area contributed by atoms with Gasteiger partial charge in [-0.2, -0.15) is 0 Å². The summed E-state index contributed by atoms with van der Waals surface area (Å²) in [5.41, 5.74) is 0. The van der Waals surface area contributed by atoms with Crippen molar-refractivity contribution in [3.63, 3.8) is 0 Å². The second-order valence-electron chi connectivity index (χ2n) is 18.5. The molecule has 364 valence electrons.